The first-order valence-corrected chi connectivity index (χ1v) is 11.8. The number of carboxylic acid groups (broad SMARTS) is 1. The van der Waals surface area contributed by atoms with Crippen LogP contribution in [-0.2, 0) is 17.8 Å². The molecule has 3 aromatic rings. The minimum atomic E-state index is -1.36. The standard InChI is InChI=1S/C27H33N3O5/c1-18(2)25-23(14-13-21(31)15-22(32)16-24(33)34)30(20-11-7-4-8-12-20)29-26(25)27(35)28-17-19-9-5-3-6-10-19/h3-12,18,21-22,31-32H,13-17H2,1-2H3,(H,28,35)(H,33,34)/p-1/t21-,22-/m1/s1. The quantitative estimate of drug-likeness (QED) is 0.366. The van der Waals surface area contributed by atoms with Crippen LogP contribution in [0.3, 0.4) is 0 Å². The number of hydrogen-bond donors (Lipinski definition) is 3. The van der Waals surface area contributed by atoms with Crippen molar-refractivity contribution in [3.05, 3.63) is 83.2 Å². The highest BCUT2D eigenvalue weighted by atomic mass is 16.4. The first kappa shape index (κ1) is 26.1. The summed E-state index contributed by atoms with van der Waals surface area (Å²) in [5.41, 5.74) is 3.69. The van der Waals surface area contributed by atoms with Crippen LogP contribution in [-0.4, -0.2) is 44.1 Å². The van der Waals surface area contributed by atoms with Crippen molar-refractivity contribution < 1.29 is 24.9 Å². The predicted octanol–water partition coefficient (Wildman–Crippen LogP) is 2.11. The van der Waals surface area contributed by atoms with E-state index >= 15 is 0 Å². The Kier molecular flexibility index (Phi) is 9.17. The molecule has 8 heteroatoms. The zero-order valence-corrected chi connectivity index (χ0v) is 20.1. The fourth-order valence-electron chi connectivity index (χ4n) is 4.14. The SMILES string of the molecule is CC(C)c1c(C(=O)NCc2ccccc2)nn(-c2ccccc2)c1CC[C@@H](O)C[C@@H](O)CC(=O)[O-]. The number of aliphatic hydroxyl groups is 2. The number of hydrogen-bond acceptors (Lipinski definition) is 6. The molecule has 0 aliphatic rings. The lowest BCUT2D eigenvalue weighted by Gasteiger charge is -2.17. The lowest BCUT2D eigenvalue weighted by Crippen LogP contribution is -2.29. The van der Waals surface area contributed by atoms with Crippen LogP contribution in [0.5, 0.6) is 0 Å². The number of aromatic nitrogens is 2. The molecule has 1 amide bonds. The molecule has 0 saturated heterocycles. The van der Waals surface area contributed by atoms with Crippen LogP contribution in [0, 0.1) is 0 Å². The Bertz CT molecular complexity index is 1110. The maximum Gasteiger partial charge on any atom is 0.272 e. The highest BCUT2D eigenvalue weighted by Gasteiger charge is 2.26. The number of aliphatic hydroxyl groups excluding tert-OH is 2. The van der Waals surface area contributed by atoms with Gasteiger partial charge in [-0.3, -0.25) is 4.79 Å². The summed E-state index contributed by atoms with van der Waals surface area (Å²) in [6.07, 6.45) is -2.04. The summed E-state index contributed by atoms with van der Waals surface area (Å²) in [4.78, 5) is 23.9. The van der Waals surface area contributed by atoms with Gasteiger partial charge in [0.2, 0.25) is 0 Å². The Morgan fingerprint density at radius 2 is 1.63 bits per heavy atom. The molecule has 2 aromatic carbocycles. The van der Waals surface area contributed by atoms with Gasteiger partial charge in [0.05, 0.1) is 17.9 Å². The minimum absolute atomic E-state index is 0.0132. The number of para-hydroxylation sites is 1. The van der Waals surface area contributed by atoms with E-state index in [1.54, 1.807) is 4.68 Å². The van der Waals surface area contributed by atoms with Crippen LogP contribution in [0.2, 0.25) is 0 Å². The molecule has 0 fully saturated rings. The Hall–Kier alpha value is -3.49. The lowest BCUT2D eigenvalue weighted by molar-refractivity contribution is -0.307. The van der Waals surface area contributed by atoms with Crippen LogP contribution < -0.4 is 10.4 Å². The number of amides is 1. The summed E-state index contributed by atoms with van der Waals surface area (Å²) in [5.74, 6) is -1.65. The van der Waals surface area contributed by atoms with Gasteiger partial charge in [-0.15, -0.1) is 0 Å². The van der Waals surface area contributed by atoms with Crippen molar-refractivity contribution in [3.8, 4) is 5.69 Å². The molecular weight excluding hydrogens is 446 g/mol. The normalized spacial score (nSPS) is 12.9. The van der Waals surface area contributed by atoms with E-state index < -0.39 is 24.6 Å². The first-order valence-electron chi connectivity index (χ1n) is 11.8. The number of carboxylic acids is 1. The summed E-state index contributed by atoms with van der Waals surface area (Å²) in [5, 5.41) is 38.6. The van der Waals surface area contributed by atoms with E-state index in [4.69, 9.17) is 0 Å². The van der Waals surface area contributed by atoms with Gasteiger partial charge in [-0.25, -0.2) is 4.68 Å². The maximum atomic E-state index is 13.2. The molecule has 8 nitrogen and oxygen atoms in total. The second-order valence-corrected chi connectivity index (χ2v) is 8.94. The third-order valence-electron chi connectivity index (χ3n) is 5.77. The highest BCUT2D eigenvalue weighted by Crippen LogP contribution is 2.28. The van der Waals surface area contributed by atoms with E-state index in [0.29, 0.717) is 18.7 Å². The molecule has 35 heavy (non-hydrogen) atoms. The minimum Gasteiger partial charge on any atom is -0.550 e. The van der Waals surface area contributed by atoms with Gasteiger partial charge in [0.15, 0.2) is 5.69 Å². The summed E-state index contributed by atoms with van der Waals surface area (Å²) in [6, 6.07) is 19.1. The molecule has 0 aliphatic heterocycles. The van der Waals surface area contributed by atoms with Gasteiger partial charge >= 0.3 is 0 Å². The molecule has 186 valence electrons. The lowest BCUT2D eigenvalue weighted by atomic mass is 9.95. The van der Waals surface area contributed by atoms with Gasteiger partial charge in [0.1, 0.15) is 0 Å². The van der Waals surface area contributed by atoms with E-state index in [9.17, 15) is 24.9 Å². The zero-order chi connectivity index (χ0) is 25.4. The summed E-state index contributed by atoms with van der Waals surface area (Å²) < 4.78 is 1.73. The molecule has 0 radical (unpaired) electrons. The van der Waals surface area contributed by atoms with Crippen LogP contribution in [0.4, 0.5) is 0 Å². The fourth-order valence-corrected chi connectivity index (χ4v) is 4.14. The maximum absolute atomic E-state index is 13.2. The number of rotatable bonds is 12. The van der Waals surface area contributed by atoms with Crippen molar-refractivity contribution in [2.45, 2.75) is 64.2 Å². The highest BCUT2D eigenvalue weighted by molar-refractivity contribution is 5.94. The summed E-state index contributed by atoms with van der Waals surface area (Å²) in [6.45, 7) is 4.35. The van der Waals surface area contributed by atoms with E-state index in [-0.39, 0.29) is 24.7 Å². The Morgan fingerprint density at radius 3 is 2.23 bits per heavy atom. The Labute approximate surface area is 205 Å². The van der Waals surface area contributed by atoms with Crippen molar-refractivity contribution in [2.75, 3.05) is 0 Å². The monoisotopic (exact) mass is 478 g/mol. The molecule has 0 saturated carbocycles. The van der Waals surface area contributed by atoms with Crippen LogP contribution in [0.1, 0.15) is 66.3 Å². The van der Waals surface area contributed by atoms with E-state index in [2.05, 4.69) is 10.4 Å². The summed E-state index contributed by atoms with van der Waals surface area (Å²) in [7, 11) is 0. The van der Waals surface area contributed by atoms with Crippen molar-refractivity contribution in [3.63, 3.8) is 0 Å². The number of carbonyl (C=O) groups is 2. The Balaban J connectivity index is 1.87. The van der Waals surface area contributed by atoms with Crippen molar-refractivity contribution in [1.82, 2.24) is 15.1 Å². The van der Waals surface area contributed by atoms with Crippen molar-refractivity contribution in [1.29, 1.82) is 0 Å². The van der Waals surface area contributed by atoms with E-state index in [0.717, 1.165) is 22.5 Å². The molecule has 3 N–H and O–H groups in total. The van der Waals surface area contributed by atoms with Crippen LogP contribution >= 0.6 is 0 Å². The molecule has 0 unspecified atom stereocenters. The smallest absolute Gasteiger partial charge is 0.272 e. The van der Waals surface area contributed by atoms with Gasteiger partial charge in [-0.05, 0) is 42.9 Å². The number of nitrogens with zero attached hydrogens (tertiary/aromatic N) is 2. The number of carbonyl (C=O) groups excluding carboxylic acids is 2. The van der Waals surface area contributed by atoms with Gasteiger partial charge in [0, 0.05) is 30.2 Å². The third kappa shape index (κ3) is 7.24. The average Bonchev–Trinajstić information content (AvgIpc) is 3.22. The number of benzene rings is 2. The second kappa shape index (κ2) is 12.3. The summed E-state index contributed by atoms with van der Waals surface area (Å²) >= 11 is 0. The molecule has 3 rings (SSSR count). The zero-order valence-electron chi connectivity index (χ0n) is 20.1. The van der Waals surface area contributed by atoms with Gasteiger partial charge < -0.3 is 25.4 Å². The molecule has 0 spiro atoms. The fraction of sp³-hybridized carbons (Fsp3) is 0.370. The van der Waals surface area contributed by atoms with Crippen molar-refractivity contribution >= 4 is 11.9 Å². The molecular formula is C27H32N3O5-. The molecule has 0 aliphatic carbocycles. The molecule has 1 heterocycles. The van der Waals surface area contributed by atoms with Crippen LogP contribution in [0.25, 0.3) is 5.69 Å². The van der Waals surface area contributed by atoms with Crippen molar-refractivity contribution in [2.24, 2.45) is 0 Å². The molecule has 1 aromatic heterocycles. The number of aliphatic carboxylic acids is 1. The number of nitrogens with one attached hydrogen (secondary N) is 1. The largest absolute Gasteiger partial charge is 0.550 e. The van der Waals surface area contributed by atoms with Gasteiger partial charge in [0.25, 0.3) is 5.91 Å². The predicted molar refractivity (Wildman–Crippen MR) is 130 cm³/mol. The first-order chi connectivity index (χ1) is 16.8. The second-order valence-electron chi connectivity index (χ2n) is 8.94. The average molecular weight is 479 g/mol. The third-order valence-corrected chi connectivity index (χ3v) is 5.77. The molecule has 2 atom stereocenters. The van der Waals surface area contributed by atoms with Gasteiger partial charge in [-0.1, -0.05) is 62.4 Å². The molecule has 0 bridgehead atoms. The topological polar surface area (TPSA) is 128 Å². The van der Waals surface area contributed by atoms with Gasteiger partial charge in [-0.2, -0.15) is 5.10 Å². The van der Waals surface area contributed by atoms with Crippen LogP contribution in [0.15, 0.2) is 60.7 Å². The van der Waals surface area contributed by atoms with E-state index in [1.165, 1.54) is 0 Å². The Morgan fingerprint density at radius 1 is 1.00 bits per heavy atom. The van der Waals surface area contributed by atoms with E-state index in [1.807, 2.05) is 74.5 Å².